The molecule has 18 heavy (non-hydrogen) atoms. The lowest BCUT2D eigenvalue weighted by Gasteiger charge is -2.08. The van der Waals surface area contributed by atoms with Crippen molar-refractivity contribution in [3.8, 4) is 5.75 Å². The molecule has 0 spiro atoms. The first-order valence-electron chi connectivity index (χ1n) is 5.89. The maximum absolute atomic E-state index is 11.7. The van der Waals surface area contributed by atoms with Gasteiger partial charge in [-0.2, -0.15) is 0 Å². The first kappa shape index (κ1) is 12.5. The quantitative estimate of drug-likeness (QED) is 0.780. The van der Waals surface area contributed by atoms with Gasteiger partial charge in [0.2, 0.25) is 0 Å². The van der Waals surface area contributed by atoms with E-state index in [0.717, 1.165) is 10.9 Å². The maximum Gasteiger partial charge on any atom is 0.313 e. The predicted octanol–water partition coefficient (Wildman–Crippen LogP) is 3.11. The highest BCUT2D eigenvalue weighted by Gasteiger charge is 2.22. The van der Waals surface area contributed by atoms with Crippen LogP contribution >= 0.6 is 0 Å². The van der Waals surface area contributed by atoms with Gasteiger partial charge in [-0.1, -0.05) is 12.1 Å². The summed E-state index contributed by atoms with van der Waals surface area (Å²) in [6, 6.07) is 5.61. The standard InChI is InChI=1S/C14H16O4/c1-4-17-14(15)9(2)11-8-18-13-10(11)6-5-7-12(13)16-3/h5-9H,4H2,1-3H3. The van der Waals surface area contributed by atoms with Gasteiger partial charge < -0.3 is 13.9 Å². The zero-order valence-electron chi connectivity index (χ0n) is 10.7. The van der Waals surface area contributed by atoms with Crippen molar-refractivity contribution in [1.29, 1.82) is 0 Å². The Bertz CT molecular complexity index is 556. The van der Waals surface area contributed by atoms with Gasteiger partial charge in [0.1, 0.15) is 0 Å². The molecule has 96 valence electrons. The summed E-state index contributed by atoms with van der Waals surface area (Å²) in [5.41, 5.74) is 1.48. The molecule has 2 aromatic rings. The van der Waals surface area contributed by atoms with E-state index in [9.17, 15) is 4.79 Å². The molecule has 0 saturated heterocycles. The number of benzene rings is 1. The number of para-hydroxylation sites is 1. The number of methoxy groups -OCH3 is 1. The van der Waals surface area contributed by atoms with Crippen LogP contribution in [0.5, 0.6) is 5.75 Å². The van der Waals surface area contributed by atoms with E-state index in [1.807, 2.05) is 25.1 Å². The minimum absolute atomic E-state index is 0.247. The first-order chi connectivity index (χ1) is 8.69. The van der Waals surface area contributed by atoms with Crippen LogP contribution in [0.2, 0.25) is 0 Å². The molecule has 0 aliphatic carbocycles. The molecule has 4 heteroatoms. The van der Waals surface area contributed by atoms with E-state index in [1.165, 1.54) is 0 Å². The number of rotatable bonds is 4. The lowest BCUT2D eigenvalue weighted by Crippen LogP contribution is -2.12. The van der Waals surface area contributed by atoms with Gasteiger partial charge in [0.25, 0.3) is 0 Å². The van der Waals surface area contributed by atoms with E-state index < -0.39 is 0 Å². The Morgan fingerprint density at radius 1 is 1.44 bits per heavy atom. The van der Waals surface area contributed by atoms with E-state index in [0.29, 0.717) is 17.9 Å². The third kappa shape index (κ3) is 2.06. The van der Waals surface area contributed by atoms with Gasteiger partial charge in [0.05, 0.1) is 25.9 Å². The van der Waals surface area contributed by atoms with Gasteiger partial charge in [0.15, 0.2) is 11.3 Å². The van der Waals surface area contributed by atoms with Crippen LogP contribution in [0, 0.1) is 0 Å². The molecule has 0 radical (unpaired) electrons. The largest absolute Gasteiger partial charge is 0.493 e. The van der Waals surface area contributed by atoms with Crippen LogP contribution in [-0.4, -0.2) is 19.7 Å². The molecule has 0 aliphatic heterocycles. The number of carbonyl (C=O) groups is 1. The molecule has 1 atom stereocenters. The van der Waals surface area contributed by atoms with Gasteiger partial charge in [-0.05, 0) is 19.9 Å². The lowest BCUT2D eigenvalue weighted by atomic mass is 10.0. The normalized spacial score (nSPS) is 12.4. The molecule has 1 heterocycles. The molecule has 1 unspecified atom stereocenters. The van der Waals surface area contributed by atoms with Crippen LogP contribution in [-0.2, 0) is 9.53 Å². The van der Waals surface area contributed by atoms with E-state index in [1.54, 1.807) is 20.3 Å². The molecule has 0 fully saturated rings. The van der Waals surface area contributed by atoms with Crippen LogP contribution < -0.4 is 4.74 Å². The molecule has 0 amide bonds. The monoisotopic (exact) mass is 248 g/mol. The Morgan fingerprint density at radius 3 is 2.89 bits per heavy atom. The average molecular weight is 248 g/mol. The number of carbonyl (C=O) groups excluding carboxylic acids is 1. The van der Waals surface area contributed by atoms with Gasteiger partial charge in [-0.3, -0.25) is 4.79 Å². The molecule has 1 aromatic carbocycles. The highest BCUT2D eigenvalue weighted by molar-refractivity contribution is 5.91. The lowest BCUT2D eigenvalue weighted by molar-refractivity contribution is -0.144. The molecule has 0 bridgehead atoms. The SMILES string of the molecule is CCOC(=O)C(C)c1coc2c(OC)cccc12. The highest BCUT2D eigenvalue weighted by atomic mass is 16.5. The molecule has 0 aliphatic rings. The van der Waals surface area contributed by atoms with Crippen molar-refractivity contribution >= 4 is 16.9 Å². The van der Waals surface area contributed by atoms with Crippen molar-refractivity contribution in [3.05, 3.63) is 30.0 Å². The second kappa shape index (κ2) is 5.12. The second-order valence-electron chi connectivity index (χ2n) is 4.00. The fourth-order valence-electron chi connectivity index (χ4n) is 1.94. The molecule has 1 aromatic heterocycles. The van der Waals surface area contributed by atoms with E-state index in [-0.39, 0.29) is 11.9 Å². The number of hydrogen-bond acceptors (Lipinski definition) is 4. The van der Waals surface area contributed by atoms with Crippen LogP contribution in [0.25, 0.3) is 11.0 Å². The predicted molar refractivity (Wildman–Crippen MR) is 67.8 cm³/mol. The summed E-state index contributed by atoms with van der Waals surface area (Å²) in [7, 11) is 1.59. The summed E-state index contributed by atoms with van der Waals surface area (Å²) in [5.74, 6) is 0.0659. The van der Waals surface area contributed by atoms with Crippen molar-refractivity contribution in [2.75, 3.05) is 13.7 Å². The summed E-state index contributed by atoms with van der Waals surface area (Å²) in [5, 5.41) is 0.884. The summed E-state index contributed by atoms with van der Waals surface area (Å²) < 4.78 is 15.7. The van der Waals surface area contributed by atoms with Gasteiger partial charge in [0, 0.05) is 10.9 Å². The number of fused-ring (bicyclic) bond motifs is 1. The summed E-state index contributed by atoms with van der Waals surface area (Å²) in [6.07, 6.45) is 1.59. The number of furan rings is 1. The van der Waals surface area contributed by atoms with Gasteiger partial charge >= 0.3 is 5.97 Å². The summed E-state index contributed by atoms with van der Waals surface area (Å²) in [6.45, 7) is 3.98. The Kier molecular flexibility index (Phi) is 3.55. The summed E-state index contributed by atoms with van der Waals surface area (Å²) in [4.78, 5) is 11.7. The average Bonchev–Trinajstić information content (AvgIpc) is 2.81. The van der Waals surface area contributed by atoms with Crippen LogP contribution in [0.3, 0.4) is 0 Å². The van der Waals surface area contributed by atoms with Crippen LogP contribution in [0.15, 0.2) is 28.9 Å². The smallest absolute Gasteiger partial charge is 0.313 e. The van der Waals surface area contributed by atoms with Gasteiger partial charge in [-0.25, -0.2) is 0 Å². The fourth-order valence-corrected chi connectivity index (χ4v) is 1.94. The van der Waals surface area contributed by atoms with Crippen molar-refractivity contribution in [2.45, 2.75) is 19.8 Å². The van der Waals surface area contributed by atoms with Crippen molar-refractivity contribution in [1.82, 2.24) is 0 Å². The minimum Gasteiger partial charge on any atom is -0.493 e. The van der Waals surface area contributed by atoms with E-state index in [2.05, 4.69) is 0 Å². The zero-order valence-corrected chi connectivity index (χ0v) is 10.7. The zero-order chi connectivity index (χ0) is 13.1. The Hall–Kier alpha value is -1.97. The van der Waals surface area contributed by atoms with Crippen LogP contribution in [0.4, 0.5) is 0 Å². The topological polar surface area (TPSA) is 48.7 Å². The number of hydrogen-bond donors (Lipinski definition) is 0. The third-order valence-corrected chi connectivity index (χ3v) is 2.92. The number of ether oxygens (including phenoxy) is 2. The fraction of sp³-hybridized carbons (Fsp3) is 0.357. The number of esters is 1. The molecule has 2 rings (SSSR count). The summed E-state index contributed by atoms with van der Waals surface area (Å²) >= 11 is 0. The van der Waals surface area contributed by atoms with Crippen molar-refractivity contribution in [2.24, 2.45) is 0 Å². The van der Waals surface area contributed by atoms with Crippen molar-refractivity contribution < 1.29 is 18.7 Å². The Balaban J connectivity index is 2.43. The minimum atomic E-state index is -0.349. The molecule has 0 N–H and O–H groups in total. The molecular formula is C14H16O4. The highest BCUT2D eigenvalue weighted by Crippen LogP contribution is 2.33. The van der Waals surface area contributed by atoms with Crippen LogP contribution in [0.1, 0.15) is 25.3 Å². The Morgan fingerprint density at radius 2 is 2.22 bits per heavy atom. The Labute approximate surface area is 105 Å². The third-order valence-electron chi connectivity index (χ3n) is 2.92. The first-order valence-corrected chi connectivity index (χ1v) is 5.89. The van der Waals surface area contributed by atoms with E-state index in [4.69, 9.17) is 13.9 Å². The van der Waals surface area contributed by atoms with Crippen molar-refractivity contribution in [3.63, 3.8) is 0 Å². The molecule has 4 nitrogen and oxygen atoms in total. The second-order valence-corrected chi connectivity index (χ2v) is 4.00. The maximum atomic E-state index is 11.7. The molecular weight excluding hydrogens is 232 g/mol. The van der Waals surface area contributed by atoms with E-state index >= 15 is 0 Å². The van der Waals surface area contributed by atoms with Gasteiger partial charge in [-0.15, -0.1) is 0 Å². The molecule has 0 saturated carbocycles.